The predicted octanol–water partition coefficient (Wildman–Crippen LogP) is 1.18. The molecule has 7 heteroatoms. The zero-order valence-electron chi connectivity index (χ0n) is 12.5. The van der Waals surface area contributed by atoms with E-state index in [0.29, 0.717) is 17.9 Å². The number of methoxy groups -OCH3 is 1. The van der Waals surface area contributed by atoms with Crippen molar-refractivity contribution in [2.24, 2.45) is 0 Å². The Hall–Kier alpha value is -2.54. The molecule has 0 amide bonds. The maximum absolute atomic E-state index is 12.4. The van der Waals surface area contributed by atoms with Crippen molar-refractivity contribution in [3.05, 3.63) is 54.1 Å². The topological polar surface area (TPSA) is 95.5 Å². The molecule has 0 saturated carbocycles. The van der Waals surface area contributed by atoms with Crippen LogP contribution in [0.25, 0.3) is 0 Å². The lowest BCUT2D eigenvalue weighted by molar-refractivity contribution is -0.305. The minimum absolute atomic E-state index is 0.0839. The van der Waals surface area contributed by atoms with Gasteiger partial charge in [0.15, 0.2) is 0 Å². The number of anilines is 1. The first-order valence-corrected chi connectivity index (χ1v) is 8.35. The lowest BCUT2D eigenvalue weighted by Crippen LogP contribution is -2.22. The van der Waals surface area contributed by atoms with Crippen molar-refractivity contribution in [2.45, 2.75) is 17.7 Å². The Labute approximate surface area is 134 Å². The maximum atomic E-state index is 12.4. The molecular formula is C16H16NO5S-. The molecular weight excluding hydrogens is 318 g/mol. The average Bonchev–Trinajstić information content (AvgIpc) is 2.53. The summed E-state index contributed by atoms with van der Waals surface area (Å²) in [6.45, 7) is 0. The molecule has 0 unspecified atom stereocenters. The minimum Gasteiger partial charge on any atom is -0.550 e. The van der Waals surface area contributed by atoms with Crippen LogP contribution in [0.5, 0.6) is 5.75 Å². The van der Waals surface area contributed by atoms with E-state index >= 15 is 0 Å². The van der Waals surface area contributed by atoms with Crippen LogP contribution in [-0.4, -0.2) is 21.5 Å². The van der Waals surface area contributed by atoms with Gasteiger partial charge in [0.25, 0.3) is 10.0 Å². The highest BCUT2D eigenvalue weighted by Gasteiger charge is 2.16. The highest BCUT2D eigenvalue weighted by atomic mass is 32.2. The molecule has 0 aliphatic rings. The van der Waals surface area contributed by atoms with E-state index in [-0.39, 0.29) is 11.3 Å². The van der Waals surface area contributed by atoms with E-state index in [0.717, 1.165) is 5.56 Å². The van der Waals surface area contributed by atoms with Gasteiger partial charge < -0.3 is 14.6 Å². The third-order valence-electron chi connectivity index (χ3n) is 3.20. The third-order valence-corrected chi connectivity index (χ3v) is 4.58. The van der Waals surface area contributed by atoms with Gasteiger partial charge in [-0.05, 0) is 42.7 Å². The summed E-state index contributed by atoms with van der Waals surface area (Å²) in [5, 5.41) is 10.4. The van der Waals surface area contributed by atoms with Crippen molar-refractivity contribution in [1.29, 1.82) is 0 Å². The fourth-order valence-corrected chi connectivity index (χ4v) is 3.08. The average molecular weight is 334 g/mol. The van der Waals surface area contributed by atoms with Crippen molar-refractivity contribution in [2.75, 3.05) is 11.8 Å². The van der Waals surface area contributed by atoms with Crippen LogP contribution in [0.1, 0.15) is 12.0 Å². The largest absolute Gasteiger partial charge is 0.550 e. The molecule has 0 aliphatic carbocycles. The number of hydrogen-bond donors (Lipinski definition) is 1. The van der Waals surface area contributed by atoms with Gasteiger partial charge in [-0.15, -0.1) is 0 Å². The quantitative estimate of drug-likeness (QED) is 0.820. The molecule has 1 N–H and O–H groups in total. The molecule has 0 aliphatic heterocycles. The Morgan fingerprint density at radius 3 is 2.39 bits per heavy atom. The molecule has 0 spiro atoms. The smallest absolute Gasteiger partial charge is 0.262 e. The molecule has 0 heterocycles. The second-order valence-corrected chi connectivity index (χ2v) is 6.50. The number of carbonyl (C=O) groups excluding carboxylic acids is 1. The third kappa shape index (κ3) is 4.46. The zero-order chi connectivity index (χ0) is 16.9. The Balaban J connectivity index is 2.17. The lowest BCUT2D eigenvalue weighted by atomic mass is 10.1. The molecule has 2 rings (SSSR count). The van der Waals surface area contributed by atoms with Gasteiger partial charge in [-0.3, -0.25) is 4.72 Å². The van der Waals surface area contributed by atoms with Gasteiger partial charge in [-0.1, -0.05) is 24.3 Å². The Kier molecular flexibility index (Phi) is 5.23. The number of aryl methyl sites for hydroxylation is 1. The van der Waals surface area contributed by atoms with Crippen molar-refractivity contribution >= 4 is 21.7 Å². The monoisotopic (exact) mass is 334 g/mol. The second-order valence-electron chi connectivity index (χ2n) is 4.82. The van der Waals surface area contributed by atoms with E-state index < -0.39 is 16.0 Å². The summed E-state index contributed by atoms with van der Waals surface area (Å²) in [6, 6.07) is 12.7. The van der Waals surface area contributed by atoms with Crippen LogP contribution in [0, 0.1) is 0 Å². The molecule has 0 radical (unpaired) electrons. The van der Waals surface area contributed by atoms with Crippen LogP contribution in [0.4, 0.5) is 5.69 Å². The molecule has 6 nitrogen and oxygen atoms in total. The summed E-state index contributed by atoms with van der Waals surface area (Å²) < 4.78 is 32.3. The van der Waals surface area contributed by atoms with Crippen LogP contribution < -0.4 is 14.6 Å². The first-order valence-electron chi connectivity index (χ1n) is 6.87. The van der Waals surface area contributed by atoms with E-state index in [4.69, 9.17) is 4.74 Å². The van der Waals surface area contributed by atoms with Gasteiger partial charge in [0.1, 0.15) is 5.75 Å². The van der Waals surface area contributed by atoms with Gasteiger partial charge in [-0.2, -0.15) is 0 Å². The number of aliphatic carboxylic acids is 1. The number of para-hydroxylation sites is 2. The van der Waals surface area contributed by atoms with Crippen LogP contribution >= 0.6 is 0 Å². The summed E-state index contributed by atoms with van der Waals surface area (Å²) in [4.78, 5) is 10.5. The van der Waals surface area contributed by atoms with Crippen LogP contribution in [0.15, 0.2) is 53.4 Å². The SMILES string of the molecule is COc1ccccc1NS(=O)(=O)c1ccc(CCC(=O)[O-])cc1. The zero-order valence-corrected chi connectivity index (χ0v) is 13.3. The van der Waals surface area contributed by atoms with Gasteiger partial charge >= 0.3 is 0 Å². The Morgan fingerprint density at radius 1 is 1.13 bits per heavy atom. The number of hydrogen-bond acceptors (Lipinski definition) is 5. The first-order chi connectivity index (χ1) is 10.9. The number of benzene rings is 2. The van der Waals surface area contributed by atoms with Crippen LogP contribution in [-0.2, 0) is 21.2 Å². The van der Waals surface area contributed by atoms with E-state index in [9.17, 15) is 18.3 Å². The van der Waals surface area contributed by atoms with Gasteiger partial charge in [-0.25, -0.2) is 8.42 Å². The number of nitrogens with one attached hydrogen (secondary N) is 1. The molecule has 0 aromatic heterocycles. The van der Waals surface area contributed by atoms with Crippen molar-refractivity contribution in [3.8, 4) is 5.75 Å². The molecule has 122 valence electrons. The highest BCUT2D eigenvalue weighted by molar-refractivity contribution is 7.92. The predicted molar refractivity (Wildman–Crippen MR) is 83.6 cm³/mol. The maximum Gasteiger partial charge on any atom is 0.262 e. The standard InChI is InChI=1S/C16H17NO5S/c1-22-15-5-3-2-4-14(15)17-23(20,21)13-9-6-12(7-10-13)8-11-16(18)19/h2-7,9-10,17H,8,11H2,1H3,(H,18,19)/p-1. The van der Waals surface area contributed by atoms with E-state index in [1.165, 1.54) is 19.2 Å². The van der Waals surface area contributed by atoms with E-state index in [1.54, 1.807) is 36.4 Å². The minimum atomic E-state index is -3.75. The molecule has 0 fully saturated rings. The Morgan fingerprint density at radius 2 is 1.78 bits per heavy atom. The number of carboxylic acid groups (broad SMARTS) is 1. The fourth-order valence-electron chi connectivity index (χ4n) is 2.01. The molecule has 23 heavy (non-hydrogen) atoms. The number of carboxylic acids is 1. The summed E-state index contributed by atoms with van der Waals surface area (Å²) in [5.41, 5.74) is 1.07. The Bertz CT molecular complexity index is 784. The summed E-state index contributed by atoms with van der Waals surface area (Å²) in [7, 11) is -2.30. The van der Waals surface area contributed by atoms with E-state index in [2.05, 4.69) is 4.72 Å². The van der Waals surface area contributed by atoms with Crippen molar-refractivity contribution in [3.63, 3.8) is 0 Å². The molecule has 0 atom stereocenters. The highest BCUT2D eigenvalue weighted by Crippen LogP contribution is 2.26. The molecule has 2 aromatic rings. The van der Waals surface area contributed by atoms with Crippen LogP contribution in [0.3, 0.4) is 0 Å². The van der Waals surface area contributed by atoms with Crippen molar-refractivity contribution < 1.29 is 23.1 Å². The van der Waals surface area contributed by atoms with Gasteiger partial charge in [0, 0.05) is 5.97 Å². The van der Waals surface area contributed by atoms with Gasteiger partial charge in [0.2, 0.25) is 0 Å². The summed E-state index contributed by atoms with van der Waals surface area (Å²) in [5.74, 6) is -0.721. The number of carbonyl (C=O) groups is 1. The lowest BCUT2D eigenvalue weighted by Gasteiger charge is -2.12. The number of sulfonamides is 1. The number of rotatable bonds is 7. The summed E-state index contributed by atoms with van der Waals surface area (Å²) in [6.07, 6.45) is 0.189. The van der Waals surface area contributed by atoms with Crippen LogP contribution in [0.2, 0.25) is 0 Å². The molecule has 2 aromatic carbocycles. The van der Waals surface area contributed by atoms with E-state index in [1.807, 2.05) is 0 Å². The molecule has 0 bridgehead atoms. The first kappa shape index (κ1) is 16.8. The normalized spacial score (nSPS) is 11.0. The fraction of sp³-hybridized carbons (Fsp3) is 0.188. The second kappa shape index (κ2) is 7.15. The van der Waals surface area contributed by atoms with Gasteiger partial charge in [0.05, 0.1) is 17.7 Å². The number of ether oxygens (including phenoxy) is 1. The molecule has 0 saturated heterocycles. The summed E-state index contributed by atoms with van der Waals surface area (Å²) >= 11 is 0. The van der Waals surface area contributed by atoms with Crippen molar-refractivity contribution in [1.82, 2.24) is 0 Å².